The van der Waals surface area contributed by atoms with Crippen molar-refractivity contribution in [1.82, 2.24) is 25.4 Å². The first-order chi connectivity index (χ1) is 9.53. The number of nitrogens with zero attached hydrogens (tertiary/aromatic N) is 3. The number of aromatic nitrogens is 3. The monoisotopic (exact) mass is 279 g/mol. The van der Waals surface area contributed by atoms with Crippen molar-refractivity contribution in [2.45, 2.75) is 59.0 Å². The number of rotatable bonds is 5. The molecule has 0 spiro atoms. The van der Waals surface area contributed by atoms with Gasteiger partial charge in [-0.25, -0.2) is 4.79 Å². The number of carbonyl (C=O) groups excluding carboxylic acids is 1. The van der Waals surface area contributed by atoms with E-state index in [1.54, 1.807) is 6.33 Å². The molecule has 0 aromatic carbocycles. The lowest BCUT2D eigenvalue weighted by molar-refractivity contribution is 0.222. The third kappa shape index (κ3) is 3.49. The van der Waals surface area contributed by atoms with E-state index in [0.717, 1.165) is 18.7 Å². The van der Waals surface area contributed by atoms with Crippen molar-refractivity contribution in [3.05, 3.63) is 12.2 Å². The average Bonchev–Trinajstić information content (AvgIpc) is 2.96. The summed E-state index contributed by atoms with van der Waals surface area (Å²) < 4.78 is 1.97. The maximum Gasteiger partial charge on any atom is 0.315 e. The molecular formula is C14H25N5O. The van der Waals surface area contributed by atoms with E-state index in [2.05, 4.69) is 34.7 Å². The fraction of sp³-hybridized carbons (Fsp3) is 0.786. The molecule has 1 saturated carbocycles. The first-order valence-electron chi connectivity index (χ1n) is 7.44. The van der Waals surface area contributed by atoms with Gasteiger partial charge >= 0.3 is 6.03 Å². The van der Waals surface area contributed by atoms with Crippen LogP contribution in [0.1, 0.15) is 45.9 Å². The summed E-state index contributed by atoms with van der Waals surface area (Å²) >= 11 is 0. The second kappa shape index (κ2) is 6.24. The van der Waals surface area contributed by atoms with Crippen molar-refractivity contribution in [1.29, 1.82) is 0 Å². The van der Waals surface area contributed by atoms with Gasteiger partial charge < -0.3 is 15.2 Å². The van der Waals surface area contributed by atoms with Gasteiger partial charge in [0.15, 0.2) is 0 Å². The zero-order valence-corrected chi connectivity index (χ0v) is 12.6. The van der Waals surface area contributed by atoms with Gasteiger partial charge in [0.25, 0.3) is 0 Å². The summed E-state index contributed by atoms with van der Waals surface area (Å²) in [5, 5.41) is 13.9. The molecule has 1 aliphatic rings. The fourth-order valence-electron chi connectivity index (χ4n) is 2.83. The van der Waals surface area contributed by atoms with Crippen LogP contribution in [0.2, 0.25) is 0 Å². The maximum atomic E-state index is 11.9. The van der Waals surface area contributed by atoms with Crippen molar-refractivity contribution in [3.8, 4) is 0 Å². The highest BCUT2D eigenvalue weighted by Gasteiger charge is 2.35. The fourth-order valence-corrected chi connectivity index (χ4v) is 2.83. The summed E-state index contributed by atoms with van der Waals surface area (Å²) in [6.45, 7) is 7.77. The summed E-state index contributed by atoms with van der Waals surface area (Å²) in [6.07, 6.45) is 6.00. The Morgan fingerprint density at radius 1 is 1.55 bits per heavy atom. The molecule has 1 aromatic rings. The zero-order chi connectivity index (χ0) is 14.6. The van der Waals surface area contributed by atoms with Crippen LogP contribution in [0.4, 0.5) is 4.79 Å². The van der Waals surface area contributed by atoms with Gasteiger partial charge in [0.1, 0.15) is 12.2 Å². The van der Waals surface area contributed by atoms with Crippen LogP contribution in [0.3, 0.4) is 0 Å². The van der Waals surface area contributed by atoms with Crippen molar-refractivity contribution in [2.24, 2.45) is 5.41 Å². The number of urea groups is 1. The SMILES string of the molecule is CCc1nncn1CCNC(=O)NC1CCCC1(C)C. The van der Waals surface area contributed by atoms with Gasteiger partial charge in [-0.1, -0.05) is 27.2 Å². The Kier molecular flexibility index (Phi) is 4.62. The van der Waals surface area contributed by atoms with E-state index in [-0.39, 0.29) is 17.5 Å². The predicted molar refractivity (Wildman–Crippen MR) is 77.4 cm³/mol. The van der Waals surface area contributed by atoms with E-state index in [1.165, 1.54) is 12.8 Å². The third-order valence-electron chi connectivity index (χ3n) is 4.21. The molecular weight excluding hydrogens is 254 g/mol. The molecule has 112 valence electrons. The van der Waals surface area contributed by atoms with Gasteiger partial charge in [0.05, 0.1) is 0 Å². The molecule has 0 radical (unpaired) electrons. The topological polar surface area (TPSA) is 71.8 Å². The second-order valence-electron chi connectivity index (χ2n) is 6.13. The van der Waals surface area contributed by atoms with Gasteiger partial charge in [-0.05, 0) is 18.3 Å². The summed E-state index contributed by atoms with van der Waals surface area (Å²) in [5.41, 5.74) is 0.209. The van der Waals surface area contributed by atoms with E-state index < -0.39 is 0 Å². The Hall–Kier alpha value is -1.59. The van der Waals surface area contributed by atoms with E-state index in [4.69, 9.17) is 0 Å². The average molecular weight is 279 g/mol. The van der Waals surface area contributed by atoms with Gasteiger partial charge in [0, 0.05) is 25.6 Å². The first-order valence-corrected chi connectivity index (χ1v) is 7.44. The summed E-state index contributed by atoms with van der Waals surface area (Å²) in [5.74, 6) is 0.948. The number of amides is 2. The Balaban J connectivity index is 1.73. The molecule has 1 unspecified atom stereocenters. The molecule has 0 bridgehead atoms. The van der Waals surface area contributed by atoms with Gasteiger partial charge in [-0.15, -0.1) is 10.2 Å². The van der Waals surface area contributed by atoms with Crippen LogP contribution in [0, 0.1) is 5.41 Å². The highest BCUT2D eigenvalue weighted by molar-refractivity contribution is 5.74. The second-order valence-corrected chi connectivity index (χ2v) is 6.13. The zero-order valence-electron chi connectivity index (χ0n) is 12.6. The molecule has 6 nitrogen and oxygen atoms in total. The summed E-state index contributed by atoms with van der Waals surface area (Å²) in [7, 11) is 0. The minimum atomic E-state index is -0.0731. The number of hydrogen-bond donors (Lipinski definition) is 2. The van der Waals surface area contributed by atoms with Gasteiger partial charge in [-0.2, -0.15) is 0 Å². The molecule has 2 N–H and O–H groups in total. The molecule has 2 rings (SSSR count). The van der Waals surface area contributed by atoms with Gasteiger partial charge in [-0.3, -0.25) is 0 Å². The Morgan fingerprint density at radius 3 is 3.00 bits per heavy atom. The lowest BCUT2D eigenvalue weighted by Gasteiger charge is -2.27. The largest absolute Gasteiger partial charge is 0.336 e. The van der Waals surface area contributed by atoms with Crippen LogP contribution in [0.25, 0.3) is 0 Å². The van der Waals surface area contributed by atoms with Crippen LogP contribution >= 0.6 is 0 Å². The molecule has 1 atom stereocenters. The first kappa shape index (κ1) is 14.8. The van der Waals surface area contributed by atoms with Crippen LogP contribution in [-0.4, -0.2) is 33.4 Å². The number of carbonyl (C=O) groups is 1. The highest BCUT2D eigenvalue weighted by atomic mass is 16.2. The molecule has 1 aliphatic carbocycles. The summed E-state index contributed by atoms with van der Waals surface area (Å²) in [4.78, 5) is 11.9. The highest BCUT2D eigenvalue weighted by Crippen LogP contribution is 2.36. The molecule has 20 heavy (non-hydrogen) atoms. The normalized spacial score (nSPS) is 20.9. The molecule has 2 amide bonds. The van der Waals surface area contributed by atoms with Crippen LogP contribution < -0.4 is 10.6 Å². The summed E-state index contributed by atoms with van der Waals surface area (Å²) in [6, 6.07) is 0.208. The van der Waals surface area contributed by atoms with E-state index in [0.29, 0.717) is 13.1 Å². The maximum absolute atomic E-state index is 11.9. The molecule has 1 aromatic heterocycles. The Bertz CT molecular complexity index is 454. The molecule has 1 heterocycles. The van der Waals surface area contributed by atoms with Gasteiger partial charge in [0.2, 0.25) is 0 Å². The molecule has 6 heteroatoms. The molecule has 0 saturated heterocycles. The third-order valence-corrected chi connectivity index (χ3v) is 4.21. The Labute approximate surface area is 120 Å². The molecule has 1 fully saturated rings. The number of nitrogens with one attached hydrogen (secondary N) is 2. The standard InChI is InChI=1S/C14H25N5O/c1-4-12-18-16-10-19(12)9-8-15-13(20)17-11-6-5-7-14(11,2)3/h10-11H,4-9H2,1-3H3,(H2,15,17,20). The van der Waals surface area contributed by atoms with Crippen molar-refractivity contribution < 1.29 is 4.79 Å². The van der Waals surface area contributed by atoms with Crippen LogP contribution in [0.5, 0.6) is 0 Å². The minimum Gasteiger partial charge on any atom is -0.336 e. The van der Waals surface area contributed by atoms with Crippen LogP contribution in [-0.2, 0) is 13.0 Å². The minimum absolute atomic E-state index is 0.0731. The van der Waals surface area contributed by atoms with Crippen molar-refractivity contribution in [3.63, 3.8) is 0 Å². The lowest BCUT2D eigenvalue weighted by Crippen LogP contribution is -2.47. The quantitative estimate of drug-likeness (QED) is 0.862. The van der Waals surface area contributed by atoms with E-state index >= 15 is 0 Å². The van der Waals surface area contributed by atoms with Crippen LogP contribution in [0.15, 0.2) is 6.33 Å². The van der Waals surface area contributed by atoms with Crippen molar-refractivity contribution >= 4 is 6.03 Å². The van der Waals surface area contributed by atoms with Crippen molar-refractivity contribution in [2.75, 3.05) is 6.54 Å². The molecule has 0 aliphatic heterocycles. The smallest absolute Gasteiger partial charge is 0.315 e. The number of hydrogen-bond acceptors (Lipinski definition) is 3. The lowest BCUT2D eigenvalue weighted by atomic mass is 9.87. The Morgan fingerprint density at radius 2 is 2.35 bits per heavy atom. The van der Waals surface area contributed by atoms with E-state index in [1.807, 2.05) is 11.5 Å². The van der Waals surface area contributed by atoms with E-state index in [9.17, 15) is 4.79 Å². The predicted octanol–water partition coefficient (Wildman–Crippen LogP) is 1.72. The number of aryl methyl sites for hydroxylation is 1.